The standard InChI is InChI=1S/C24H39NO/c1-16-14-18-19-7-8-22(26)24(19,3)12-10-20(18)23(2)11-9-17(15-21(16)23)6-4-5-13-25/h4,6,16-21H,5,7-15,25H2,1-3H3/t16-,17+,18-,19-,20-,21?,23+,24-/m0/s1. The molecule has 4 rings (SSSR count). The first-order chi connectivity index (χ1) is 12.4. The van der Waals surface area contributed by atoms with Crippen molar-refractivity contribution in [1.29, 1.82) is 0 Å². The molecular weight excluding hydrogens is 318 g/mol. The molecule has 1 unspecified atom stereocenters. The molecule has 0 aliphatic heterocycles. The van der Waals surface area contributed by atoms with E-state index in [4.69, 9.17) is 5.73 Å². The number of hydrogen-bond acceptors (Lipinski definition) is 2. The van der Waals surface area contributed by atoms with E-state index in [9.17, 15) is 4.79 Å². The van der Waals surface area contributed by atoms with Crippen LogP contribution in [0.3, 0.4) is 0 Å². The van der Waals surface area contributed by atoms with Crippen molar-refractivity contribution in [2.45, 2.75) is 78.6 Å². The molecule has 2 N–H and O–H groups in total. The lowest BCUT2D eigenvalue weighted by molar-refractivity contribution is -0.146. The van der Waals surface area contributed by atoms with Gasteiger partial charge in [0.25, 0.3) is 0 Å². The van der Waals surface area contributed by atoms with Gasteiger partial charge in [-0.15, -0.1) is 0 Å². The second-order valence-corrected chi connectivity index (χ2v) is 10.7. The molecule has 4 aliphatic rings. The molecule has 146 valence electrons. The minimum Gasteiger partial charge on any atom is -0.330 e. The van der Waals surface area contributed by atoms with Crippen molar-refractivity contribution in [3.8, 4) is 0 Å². The van der Waals surface area contributed by atoms with Crippen LogP contribution in [0.1, 0.15) is 78.6 Å². The number of ketones is 1. The monoisotopic (exact) mass is 357 g/mol. The number of Topliss-reactive ketones (excluding diaryl/α,β-unsaturated/α-hetero) is 1. The molecule has 0 saturated heterocycles. The molecule has 0 heterocycles. The van der Waals surface area contributed by atoms with Crippen LogP contribution in [0.25, 0.3) is 0 Å². The zero-order valence-electron chi connectivity index (χ0n) is 17.2. The molecule has 0 aromatic heterocycles. The minimum atomic E-state index is 0.0201. The Kier molecular flexibility index (Phi) is 4.87. The Labute approximate surface area is 160 Å². The van der Waals surface area contributed by atoms with Gasteiger partial charge >= 0.3 is 0 Å². The summed E-state index contributed by atoms with van der Waals surface area (Å²) in [7, 11) is 0. The lowest BCUT2D eigenvalue weighted by atomic mass is 9.43. The van der Waals surface area contributed by atoms with Gasteiger partial charge in [-0.25, -0.2) is 0 Å². The van der Waals surface area contributed by atoms with Gasteiger partial charge in [-0.2, -0.15) is 0 Å². The molecule has 0 radical (unpaired) electrons. The van der Waals surface area contributed by atoms with Crippen LogP contribution in [0.5, 0.6) is 0 Å². The van der Waals surface area contributed by atoms with E-state index in [1.165, 1.54) is 38.5 Å². The molecule has 26 heavy (non-hydrogen) atoms. The highest BCUT2D eigenvalue weighted by atomic mass is 16.1. The molecular formula is C24H39NO. The SMILES string of the molecule is C[C@H]1C[C@@H]2[C@H](CC[C@]3(C)C(=O)CC[C@@H]23)[C@@]2(C)CC[C@@H](C=CCCN)CC12. The van der Waals surface area contributed by atoms with Crippen LogP contribution in [0.15, 0.2) is 12.2 Å². The maximum absolute atomic E-state index is 12.6. The molecule has 2 heteroatoms. The molecule has 0 bridgehead atoms. The molecule has 2 nitrogen and oxygen atoms in total. The van der Waals surface area contributed by atoms with Gasteiger partial charge in [0, 0.05) is 11.8 Å². The first kappa shape index (κ1) is 18.7. The second kappa shape index (κ2) is 6.76. The van der Waals surface area contributed by atoms with Crippen molar-refractivity contribution < 1.29 is 4.79 Å². The Bertz CT molecular complexity index is 583. The summed E-state index contributed by atoms with van der Waals surface area (Å²) in [5.41, 5.74) is 6.18. The van der Waals surface area contributed by atoms with Crippen molar-refractivity contribution in [2.75, 3.05) is 6.54 Å². The third-order valence-electron chi connectivity index (χ3n) is 9.52. The Balaban J connectivity index is 1.55. The fourth-order valence-electron chi connectivity index (χ4n) is 8.10. The summed E-state index contributed by atoms with van der Waals surface area (Å²) in [6, 6.07) is 0. The normalized spacial score (nSPS) is 51.2. The van der Waals surface area contributed by atoms with Crippen LogP contribution in [0.4, 0.5) is 0 Å². The van der Waals surface area contributed by atoms with E-state index in [1.54, 1.807) is 0 Å². The van der Waals surface area contributed by atoms with Crippen LogP contribution >= 0.6 is 0 Å². The van der Waals surface area contributed by atoms with Crippen LogP contribution in [-0.2, 0) is 4.79 Å². The van der Waals surface area contributed by atoms with E-state index in [0.29, 0.717) is 17.1 Å². The summed E-state index contributed by atoms with van der Waals surface area (Å²) in [6.45, 7) is 8.23. The summed E-state index contributed by atoms with van der Waals surface area (Å²) in [6.07, 6.45) is 15.8. The maximum Gasteiger partial charge on any atom is 0.139 e. The highest BCUT2D eigenvalue weighted by molar-refractivity contribution is 5.87. The van der Waals surface area contributed by atoms with Gasteiger partial charge in [-0.1, -0.05) is 32.9 Å². The first-order valence-corrected chi connectivity index (χ1v) is 11.3. The van der Waals surface area contributed by atoms with E-state index in [2.05, 4.69) is 32.9 Å². The van der Waals surface area contributed by atoms with Gasteiger partial charge in [0.15, 0.2) is 0 Å². The predicted octanol–water partition coefficient (Wildman–Crippen LogP) is 5.37. The Morgan fingerprint density at radius 3 is 2.65 bits per heavy atom. The smallest absolute Gasteiger partial charge is 0.139 e. The van der Waals surface area contributed by atoms with E-state index < -0.39 is 0 Å². The Hall–Kier alpha value is -0.630. The molecule has 4 saturated carbocycles. The van der Waals surface area contributed by atoms with Crippen molar-refractivity contribution in [1.82, 2.24) is 0 Å². The van der Waals surface area contributed by atoms with Crippen molar-refractivity contribution in [3.63, 3.8) is 0 Å². The predicted molar refractivity (Wildman–Crippen MR) is 108 cm³/mol. The van der Waals surface area contributed by atoms with Gasteiger partial charge in [-0.05, 0) is 98.8 Å². The zero-order chi connectivity index (χ0) is 18.5. The lowest BCUT2D eigenvalue weighted by Crippen LogP contribution is -2.55. The van der Waals surface area contributed by atoms with Crippen LogP contribution < -0.4 is 5.73 Å². The Morgan fingerprint density at radius 1 is 1.08 bits per heavy atom. The van der Waals surface area contributed by atoms with E-state index in [0.717, 1.165) is 55.4 Å². The van der Waals surface area contributed by atoms with Crippen molar-refractivity contribution in [3.05, 3.63) is 12.2 Å². The van der Waals surface area contributed by atoms with Gasteiger partial charge in [-0.3, -0.25) is 4.79 Å². The summed E-state index contributed by atoms with van der Waals surface area (Å²) in [5.74, 6) is 5.37. The number of carbonyl (C=O) groups is 1. The van der Waals surface area contributed by atoms with Crippen LogP contribution in [0.2, 0.25) is 0 Å². The number of hydrogen-bond donors (Lipinski definition) is 1. The second-order valence-electron chi connectivity index (χ2n) is 10.7. The summed E-state index contributed by atoms with van der Waals surface area (Å²) in [4.78, 5) is 12.6. The fraction of sp³-hybridized carbons (Fsp3) is 0.875. The Morgan fingerprint density at radius 2 is 1.88 bits per heavy atom. The minimum absolute atomic E-state index is 0.0201. The molecule has 0 aromatic carbocycles. The number of allylic oxidation sites excluding steroid dienone is 1. The zero-order valence-corrected chi connectivity index (χ0v) is 17.2. The topological polar surface area (TPSA) is 43.1 Å². The van der Waals surface area contributed by atoms with E-state index >= 15 is 0 Å². The number of carbonyl (C=O) groups excluding carboxylic acids is 1. The maximum atomic E-state index is 12.6. The van der Waals surface area contributed by atoms with E-state index in [1.807, 2.05) is 0 Å². The molecule has 4 aliphatic carbocycles. The van der Waals surface area contributed by atoms with Crippen molar-refractivity contribution in [2.24, 2.45) is 52.1 Å². The molecule has 4 fully saturated rings. The summed E-state index contributed by atoms with van der Waals surface area (Å²) < 4.78 is 0. The summed E-state index contributed by atoms with van der Waals surface area (Å²) in [5, 5.41) is 0. The summed E-state index contributed by atoms with van der Waals surface area (Å²) >= 11 is 0. The highest BCUT2D eigenvalue weighted by Crippen LogP contribution is 2.67. The number of fused-ring (bicyclic) bond motifs is 5. The van der Waals surface area contributed by atoms with E-state index in [-0.39, 0.29) is 5.41 Å². The van der Waals surface area contributed by atoms with Gasteiger partial charge in [0.2, 0.25) is 0 Å². The highest BCUT2D eigenvalue weighted by Gasteiger charge is 2.61. The number of rotatable bonds is 3. The van der Waals surface area contributed by atoms with Crippen molar-refractivity contribution >= 4 is 5.78 Å². The number of nitrogens with two attached hydrogens (primary N) is 1. The quantitative estimate of drug-likeness (QED) is 0.690. The van der Waals surface area contributed by atoms with Gasteiger partial charge in [0.1, 0.15) is 5.78 Å². The molecule has 0 amide bonds. The average Bonchev–Trinajstić information content (AvgIpc) is 2.92. The first-order valence-electron chi connectivity index (χ1n) is 11.3. The van der Waals surface area contributed by atoms with Gasteiger partial charge < -0.3 is 5.73 Å². The molecule has 8 atom stereocenters. The molecule has 0 aromatic rings. The molecule has 0 spiro atoms. The van der Waals surface area contributed by atoms with Gasteiger partial charge in [0.05, 0.1) is 0 Å². The third kappa shape index (κ3) is 2.74. The van der Waals surface area contributed by atoms with Crippen LogP contribution in [0, 0.1) is 46.3 Å². The average molecular weight is 358 g/mol. The fourth-order valence-corrected chi connectivity index (χ4v) is 8.10. The lowest BCUT2D eigenvalue weighted by Gasteiger charge is -2.62. The largest absolute Gasteiger partial charge is 0.330 e. The third-order valence-corrected chi connectivity index (χ3v) is 9.52. The van der Waals surface area contributed by atoms with Crippen LogP contribution in [-0.4, -0.2) is 12.3 Å².